The van der Waals surface area contributed by atoms with Crippen LogP contribution in [0.15, 0.2) is 0 Å². The van der Waals surface area contributed by atoms with Crippen molar-refractivity contribution in [1.29, 1.82) is 0 Å². The second-order valence-electron chi connectivity index (χ2n) is 6.06. The van der Waals surface area contributed by atoms with Gasteiger partial charge in [0.1, 0.15) is 6.04 Å². The first-order valence-electron chi connectivity index (χ1n) is 6.33. The monoisotopic (exact) mass is 241 g/mol. The highest BCUT2D eigenvalue weighted by Crippen LogP contribution is 2.27. The molecular formula is C13H23NO3. The Kier molecular flexibility index (Phi) is 4.54. The molecule has 0 aromatic carbocycles. The summed E-state index contributed by atoms with van der Waals surface area (Å²) >= 11 is 0. The van der Waals surface area contributed by atoms with Crippen LogP contribution in [0.3, 0.4) is 0 Å². The van der Waals surface area contributed by atoms with Gasteiger partial charge < -0.3 is 10.4 Å². The van der Waals surface area contributed by atoms with Crippen LogP contribution < -0.4 is 5.32 Å². The molecule has 1 fully saturated rings. The summed E-state index contributed by atoms with van der Waals surface area (Å²) < 4.78 is 0. The van der Waals surface area contributed by atoms with Gasteiger partial charge in [0.25, 0.3) is 0 Å². The van der Waals surface area contributed by atoms with Gasteiger partial charge in [-0.2, -0.15) is 0 Å². The van der Waals surface area contributed by atoms with Crippen LogP contribution in [0.2, 0.25) is 0 Å². The Labute approximate surface area is 103 Å². The van der Waals surface area contributed by atoms with Crippen molar-refractivity contribution in [1.82, 2.24) is 5.32 Å². The molecule has 0 aromatic rings. The molecule has 4 nitrogen and oxygen atoms in total. The Bertz CT molecular complexity index is 288. The molecule has 1 saturated carbocycles. The van der Waals surface area contributed by atoms with Gasteiger partial charge in [0.05, 0.1) is 0 Å². The zero-order valence-electron chi connectivity index (χ0n) is 11.0. The molecule has 0 bridgehead atoms. The minimum atomic E-state index is -0.961. The van der Waals surface area contributed by atoms with Crippen LogP contribution in [0.4, 0.5) is 0 Å². The number of carboxylic acid groups (broad SMARTS) is 1. The van der Waals surface area contributed by atoms with E-state index in [-0.39, 0.29) is 5.91 Å². The van der Waals surface area contributed by atoms with E-state index in [9.17, 15) is 9.59 Å². The molecule has 0 spiro atoms. The lowest BCUT2D eigenvalue weighted by Crippen LogP contribution is -2.49. The summed E-state index contributed by atoms with van der Waals surface area (Å²) in [6.07, 6.45) is 5.06. The minimum Gasteiger partial charge on any atom is -0.480 e. The quantitative estimate of drug-likeness (QED) is 0.792. The van der Waals surface area contributed by atoms with Gasteiger partial charge in [-0.05, 0) is 24.2 Å². The normalized spacial score (nSPS) is 19.0. The van der Waals surface area contributed by atoms with Crippen molar-refractivity contribution in [3.63, 3.8) is 0 Å². The Morgan fingerprint density at radius 1 is 1.29 bits per heavy atom. The summed E-state index contributed by atoms with van der Waals surface area (Å²) in [5.41, 5.74) is -0.461. The third-order valence-corrected chi connectivity index (χ3v) is 3.37. The molecule has 1 amide bonds. The average molecular weight is 241 g/mol. The fraction of sp³-hybridized carbons (Fsp3) is 0.846. The van der Waals surface area contributed by atoms with Crippen LogP contribution >= 0.6 is 0 Å². The molecule has 0 heterocycles. The minimum absolute atomic E-state index is 0.126. The lowest BCUT2D eigenvalue weighted by Gasteiger charge is -2.28. The molecular weight excluding hydrogens is 218 g/mol. The number of rotatable bonds is 4. The summed E-state index contributed by atoms with van der Waals surface area (Å²) in [5.74, 6) is -0.638. The third-order valence-electron chi connectivity index (χ3n) is 3.37. The predicted molar refractivity (Wildman–Crippen MR) is 65.6 cm³/mol. The van der Waals surface area contributed by atoms with Gasteiger partial charge >= 0.3 is 5.97 Å². The number of aliphatic carboxylic acids is 1. The fourth-order valence-corrected chi connectivity index (χ4v) is 2.35. The van der Waals surface area contributed by atoms with Gasteiger partial charge in [-0.3, -0.25) is 4.79 Å². The van der Waals surface area contributed by atoms with Crippen LogP contribution in [0.5, 0.6) is 0 Å². The van der Waals surface area contributed by atoms with Crippen molar-refractivity contribution < 1.29 is 14.7 Å². The smallest absolute Gasteiger partial charge is 0.326 e. The molecule has 4 heteroatoms. The first-order chi connectivity index (χ1) is 7.80. The van der Waals surface area contributed by atoms with E-state index in [1.807, 2.05) is 20.8 Å². The van der Waals surface area contributed by atoms with Gasteiger partial charge in [0, 0.05) is 6.42 Å². The molecule has 1 aliphatic carbocycles. The van der Waals surface area contributed by atoms with Gasteiger partial charge in [-0.15, -0.1) is 0 Å². The summed E-state index contributed by atoms with van der Waals surface area (Å²) in [6, 6.07) is -0.809. The van der Waals surface area contributed by atoms with Crippen LogP contribution in [0.1, 0.15) is 52.9 Å². The Morgan fingerprint density at radius 3 is 2.24 bits per heavy atom. The molecule has 98 valence electrons. The third kappa shape index (κ3) is 4.36. The number of hydrogen-bond acceptors (Lipinski definition) is 2. The van der Waals surface area contributed by atoms with E-state index >= 15 is 0 Å². The van der Waals surface area contributed by atoms with E-state index in [1.54, 1.807) is 0 Å². The van der Waals surface area contributed by atoms with Crippen molar-refractivity contribution in [3.05, 3.63) is 0 Å². The lowest BCUT2D eigenvalue weighted by atomic mass is 9.86. The SMILES string of the molecule is CC(C)(C)[C@H](NC(=O)CC1CCCC1)C(=O)O. The van der Waals surface area contributed by atoms with Crippen LogP contribution in [0, 0.1) is 11.3 Å². The van der Waals surface area contributed by atoms with E-state index in [0.717, 1.165) is 12.8 Å². The fourth-order valence-electron chi connectivity index (χ4n) is 2.35. The van der Waals surface area contributed by atoms with Crippen molar-refractivity contribution in [2.75, 3.05) is 0 Å². The number of amides is 1. The highest BCUT2D eigenvalue weighted by Gasteiger charge is 2.33. The molecule has 17 heavy (non-hydrogen) atoms. The number of carbonyl (C=O) groups is 2. The molecule has 1 aliphatic rings. The molecule has 0 saturated heterocycles. The topological polar surface area (TPSA) is 66.4 Å². The maximum Gasteiger partial charge on any atom is 0.326 e. The zero-order chi connectivity index (χ0) is 13.1. The van der Waals surface area contributed by atoms with E-state index in [0.29, 0.717) is 12.3 Å². The molecule has 0 aromatic heterocycles. The molecule has 0 radical (unpaired) electrons. The summed E-state index contributed by atoms with van der Waals surface area (Å²) in [4.78, 5) is 22.9. The second kappa shape index (κ2) is 5.52. The summed E-state index contributed by atoms with van der Waals surface area (Å²) in [7, 11) is 0. The van der Waals surface area contributed by atoms with Gasteiger partial charge in [0.2, 0.25) is 5.91 Å². The molecule has 1 rings (SSSR count). The van der Waals surface area contributed by atoms with E-state index < -0.39 is 17.4 Å². The maximum absolute atomic E-state index is 11.8. The maximum atomic E-state index is 11.8. The first kappa shape index (κ1) is 14.0. The number of hydrogen-bond donors (Lipinski definition) is 2. The molecule has 0 aliphatic heterocycles. The van der Waals surface area contributed by atoms with E-state index in [4.69, 9.17) is 5.11 Å². The van der Waals surface area contributed by atoms with Crippen molar-refractivity contribution in [2.45, 2.75) is 58.9 Å². The first-order valence-corrected chi connectivity index (χ1v) is 6.33. The van der Waals surface area contributed by atoms with Gasteiger partial charge in [0.15, 0.2) is 0 Å². The van der Waals surface area contributed by atoms with E-state index in [1.165, 1.54) is 12.8 Å². The highest BCUT2D eigenvalue weighted by atomic mass is 16.4. The predicted octanol–water partition coefficient (Wildman–Crippen LogP) is 2.18. The van der Waals surface area contributed by atoms with Crippen LogP contribution in [-0.4, -0.2) is 23.0 Å². The van der Waals surface area contributed by atoms with Crippen molar-refractivity contribution in [3.8, 4) is 0 Å². The zero-order valence-corrected chi connectivity index (χ0v) is 11.0. The summed E-state index contributed by atoms with van der Waals surface area (Å²) in [5, 5.41) is 11.7. The molecule has 2 N–H and O–H groups in total. The van der Waals surface area contributed by atoms with Gasteiger partial charge in [-0.1, -0.05) is 33.6 Å². The lowest BCUT2D eigenvalue weighted by molar-refractivity contribution is -0.145. The second-order valence-corrected chi connectivity index (χ2v) is 6.06. The molecule has 0 unspecified atom stereocenters. The summed E-state index contributed by atoms with van der Waals surface area (Å²) in [6.45, 7) is 5.46. The standard InChI is InChI=1S/C13H23NO3/c1-13(2,3)11(12(16)17)14-10(15)8-9-6-4-5-7-9/h9,11H,4-8H2,1-3H3,(H,14,15)(H,16,17)/t11-/m1/s1. The Morgan fingerprint density at radius 2 is 1.82 bits per heavy atom. The van der Waals surface area contributed by atoms with Crippen molar-refractivity contribution in [2.24, 2.45) is 11.3 Å². The Hall–Kier alpha value is -1.06. The number of nitrogens with one attached hydrogen (secondary N) is 1. The van der Waals surface area contributed by atoms with Crippen LogP contribution in [0.25, 0.3) is 0 Å². The van der Waals surface area contributed by atoms with E-state index in [2.05, 4.69) is 5.32 Å². The average Bonchev–Trinajstić information content (AvgIpc) is 2.64. The molecule has 1 atom stereocenters. The number of carbonyl (C=O) groups excluding carboxylic acids is 1. The number of carboxylic acids is 1. The Balaban J connectivity index is 2.49. The largest absolute Gasteiger partial charge is 0.480 e. The van der Waals surface area contributed by atoms with Gasteiger partial charge in [-0.25, -0.2) is 4.79 Å². The van der Waals surface area contributed by atoms with Crippen molar-refractivity contribution >= 4 is 11.9 Å². The van der Waals surface area contributed by atoms with Crippen LogP contribution in [-0.2, 0) is 9.59 Å². The highest BCUT2D eigenvalue weighted by molar-refractivity contribution is 5.84.